The number of hydrogen-bond donors (Lipinski definition) is 1. The monoisotopic (exact) mass is 223 g/mol. The molecule has 0 aliphatic rings. The van der Waals surface area contributed by atoms with Crippen LogP contribution in [-0.4, -0.2) is 55.7 Å². The molecule has 0 fully saturated rings. The number of hydrogen-bond acceptors (Lipinski definition) is 5. The molecule has 0 aromatic heterocycles. The van der Waals surface area contributed by atoms with E-state index in [2.05, 4.69) is 10.1 Å². The maximum Gasteiger partial charge on any atom is 1.00 e. The first-order valence-electron chi connectivity index (χ1n) is 3.61. The van der Waals surface area contributed by atoms with Crippen LogP contribution >= 0.6 is 0 Å². The average Bonchev–Trinajstić information content (AvgIpc) is 2.20. The van der Waals surface area contributed by atoms with Gasteiger partial charge in [-0.05, 0) is 7.05 Å². The second-order valence-electron chi connectivity index (χ2n) is 1.72. The topological polar surface area (TPSA) is 71.3 Å². The van der Waals surface area contributed by atoms with Crippen LogP contribution in [0, 0.1) is 11.8 Å². The zero-order valence-electron chi connectivity index (χ0n) is 9.95. The summed E-state index contributed by atoms with van der Waals surface area (Å²) in [4.78, 5) is 9.28. The maximum atomic E-state index is 9.28. The van der Waals surface area contributed by atoms with Crippen LogP contribution < -0.4 is 34.9 Å². The first-order chi connectivity index (χ1) is 6.33. The number of methoxy groups -OCH3 is 2. The second-order valence-corrected chi connectivity index (χ2v) is 1.72. The molecule has 0 aliphatic heterocycles. The van der Waals surface area contributed by atoms with Crippen LogP contribution in [0.5, 0.6) is 0 Å². The van der Waals surface area contributed by atoms with Crippen molar-refractivity contribution in [2.45, 2.75) is 0 Å². The molecule has 0 saturated carbocycles. The van der Waals surface area contributed by atoms with Crippen LogP contribution in [-0.2, 0) is 14.3 Å². The van der Waals surface area contributed by atoms with Gasteiger partial charge in [0.1, 0.15) is 12.9 Å². The summed E-state index contributed by atoms with van der Waals surface area (Å²) in [7, 11) is 5.07. The van der Waals surface area contributed by atoms with Crippen molar-refractivity contribution in [3.63, 3.8) is 0 Å². The number of ether oxygens (including phenoxy) is 2. The van der Waals surface area contributed by atoms with E-state index in [1.165, 1.54) is 7.11 Å². The van der Waals surface area contributed by atoms with Crippen molar-refractivity contribution in [3.8, 4) is 0 Å². The van der Waals surface area contributed by atoms with Crippen LogP contribution in [0.1, 0.15) is 0 Å². The smallest absolute Gasteiger partial charge is 0.512 e. The van der Waals surface area contributed by atoms with E-state index in [4.69, 9.17) is 16.6 Å². The SMILES string of the molecule is CNCCOC.COCC=O.[B].[C-]#N.[Na+]. The number of carbonyl (C=O) groups is 1. The molecule has 7 heteroatoms. The van der Waals surface area contributed by atoms with Gasteiger partial charge < -0.3 is 31.4 Å². The molecule has 0 amide bonds. The summed E-state index contributed by atoms with van der Waals surface area (Å²) in [6.07, 6.45) is 0.708. The van der Waals surface area contributed by atoms with Gasteiger partial charge in [-0.3, -0.25) is 0 Å². The van der Waals surface area contributed by atoms with Crippen molar-refractivity contribution in [1.82, 2.24) is 5.32 Å². The molecule has 0 aromatic carbocycles. The van der Waals surface area contributed by atoms with Crippen molar-refractivity contribution >= 4 is 14.7 Å². The Kier molecular flexibility index (Phi) is 94.2. The molecule has 0 bridgehead atoms. The zero-order valence-corrected chi connectivity index (χ0v) is 11.9. The maximum absolute atomic E-state index is 9.28. The van der Waals surface area contributed by atoms with Crippen LogP contribution in [0.3, 0.4) is 0 Å². The van der Waals surface area contributed by atoms with Gasteiger partial charge in [0.25, 0.3) is 0 Å². The third kappa shape index (κ3) is 79.3. The zero-order chi connectivity index (χ0) is 10.9. The molecule has 0 unspecified atom stereocenters. The van der Waals surface area contributed by atoms with Gasteiger partial charge in [-0.1, -0.05) is 0 Å². The Morgan fingerprint density at radius 2 is 1.80 bits per heavy atom. The fourth-order valence-corrected chi connectivity index (χ4v) is 0.272. The predicted octanol–water partition coefficient (Wildman–Crippen LogP) is -3.60. The summed E-state index contributed by atoms with van der Waals surface area (Å²) < 4.78 is 9.04. The van der Waals surface area contributed by atoms with E-state index in [-0.39, 0.29) is 44.6 Å². The fourth-order valence-electron chi connectivity index (χ4n) is 0.272. The molecule has 0 saturated heterocycles. The Morgan fingerprint density at radius 3 is 1.87 bits per heavy atom. The molecule has 0 atom stereocenters. The minimum absolute atomic E-state index is 0. The van der Waals surface area contributed by atoms with Crippen molar-refractivity contribution in [2.24, 2.45) is 0 Å². The number of nitrogens with zero attached hydrogens (tertiary/aromatic N) is 1. The Balaban J connectivity index is -0.0000000344. The fraction of sp³-hybridized carbons (Fsp3) is 0.750. The van der Waals surface area contributed by atoms with Gasteiger partial charge in [-0.25, -0.2) is 0 Å². The number of carbonyl (C=O) groups excluding carboxylic acids is 1. The Labute approximate surface area is 116 Å². The van der Waals surface area contributed by atoms with E-state index in [0.29, 0.717) is 6.29 Å². The summed E-state index contributed by atoms with van der Waals surface area (Å²) in [6, 6.07) is 0. The Hall–Kier alpha value is 0.105. The first-order valence-corrected chi connectivity index (χ1v) is 3.61. The van der Waals surface area contributed by atoms with Gasteiger partial charge in [0.15, 0.2) is 0 Å². The molecule has 0 aliphatic carbocycles. The summed E-state index contributed by atoms with van der Waals surface area (Å²) in [5.74, 6) is 0. The van der Waals surface area contributed by atoms with E-state index in [0.717, 1.165) is 13.2 Å². The predicted molar refractivity (Wildman–Crippen MR) is 54.5 cm³/mol. The van der Waals surface area contributed by atoms with Gasteiger partial charge in [0, 0.05) is 29.2 Å². The van der Waals surface area contributed by atoms with Crippen molar-refractivity contribution in [1.29, 1.82) is 5.26 Å². The molecule has 0 aromatic rings. The number of rotatable bonds is 5. The molecule has 81 valence electrons. The van der Waals surface area contributed by atoms with Crippen LogP contribution in [0.2, 0.25) is 0 Å². The minimum atomic E-state index is 0. The molecule has 0 rings (SSSR count). The van der Waals surface area contributed by atoms with Crippen LogP contribution in [0.15, 0.2) is 0 Å². The van der Waals surface area contributed by atoms with Gasteiger partial charge in [0.05, 0.1) is 6.61 Å². The van der Waals surface area contributed by atoms with Crippen molar-refractivity contribution in [2.75, 3.05) is 41.0 Å². The first kappa shape index (κ1) is 29.4. The molecular weight excluding hydrogens is 206 g/mol. The molecule has 15 heavy (non-hydrogen) atoms. The quantitative estimate of drug-likeness (QED) is 0.226. The molecule has 5 nitrogen and oxygen atoms in total. The standard InChI is InChI=1S/C4H11NO.C3H6O2.CN.B.Na/c1-5-3-4-6-2;1-5-3-2-4;1-2;;/h5H,3-4H2,1-2H3;2H,3H2,1H3;;;/q;;-1;;+1. The molecular formula is C8H17BN2NaO3. The largest absolute Gasteiger partial charge is 1.00 e. The molecule has 1 N–H and O–H groups in total. The summed E-state index contributed by atoms with van der Waals surface area (Å²) >= 11 is 0. The third-order valence-electron chi connectivity index (χ3n) is 0.791. The number of aldehydes is 1. The summed E-state index contributed by atoms with van der Waals surface area (Å²) in [5, 5.41) is 9.19. The average molecular weight is 223 g/mol. The van der Waals surface area contributed by atoms with E-state index in [1.807, 2.05) is 7.05 Å². The molecule has 0 spiro atoms. The van der Waals surface area contributed by atoms with Crippen LogP contribution in [0.4, 0.5) is 0 Å². The summed E-state index contributed by atoms with van der Waals surface area (Å²) in [5.41, 5.74) is 0. The number of likely N-dealkylation sites (N-methyl/N-ethyl adjacent to an activating group) is 1. The van der Waals surface area contributed by atoms with Gasteiger partial charge >= 0.3 is 29.6 Å². The third-order valence-corrected chi connectivity index (χ3v) is 0.791. The summed E-state index contributed by atoms with van der Waals surface area (Å²) in [6.45, 7) is 6.70. The van der Waals surface area contributed by atoms with Crippen molar-refractivity contribution < 1.29 is 43.8 Å². The van der Waals surface area contributed by atoms with Gasteiger partial charge in [-0.2, -0.15) is 0 Å². The Morgan fingerprint density at radius 1 is 1.33 bits per heavy atom. The normalized spacial score (nSPS) is 6.20. The van der Waals surface area contributed by atoms with Crippen molar-refractivity contribution in [3.05, 3.63) is 6.57 Å². The number of nitrogens with one attached hydrogen (secondary N) is 1. The van der Waals surface area contributed by atoms with E-state index in [1.54, 1.807) is 7.11 Å². The van der Waals surface area contributed by atoms with E-state index in [9.17, 15) is 4.79 Å². The van der Waals surface area contributed by atoms with E-state index >= 15 is 0 Å². The van der Waals surface area contributed by atoms with Crippen LogP contribution in [0.25, 0.3) is 0 Å². The van der Waals surface area contributed by atoms with Gasteiger partial charge in [0.2, 0.25) is 0 Å². The Bertz CT molecular complexity index is 103. The van der Waals surface area contributed by atoms with Gasteiger partial charge in [-0.15, -0.1) is 0 Å². The molecule has 3 radical (unpaired) electrons. The molecule has 0 heterocycles. The minimum Gasteiger partial charge on any atom is -0.512 e. The second kappa shape index (κ2) is 48.0. The van der Waals surface area contributed by atoms with E-state index < -0.39 is 0 Å².